The fourth-order valence-corrected chi connectivity index (χ4v) is 0.250. The minimum absolute atomic E-state index is 1.19. The quantitative estimate of drug-likeness (QED) is 0.574. The minimum Gasteiger partial charge on any atom is -0.479 e. The maximum atomic E-state index is 9.45. The average molecular weight is 191 g/mol. The van der Waals surface area contributed by atoms with Crippen molar-refractivity contribution in [3.63, 3.8) is 0 Å². The Morgan fingerprint density at radius 3 is 1.38 bits per heavy atom. The van der Waals surface area contributed by atoms with Crippen LogP contribution in [0.3, 0.4) is 0 Å². The Balaban J connectivity index is 0. The molecule has 1 atom stereocenters. The van der Waals surface area contributed by atoms with E-state index < -0.39 is 12.1 Å². The number of aliphatic carboxylic acids is 1. The molecule has 0 aromatic carbocycles. The van der Waals surface area contributed by atoms with Gasteiger partial charge < -0.3 is 15.5 Å². The second-order valence-corrected chi connectivity index (χ2v) is 2.93. The maximum absolute atomic E-state index is 9.45. The predicted molar refractivity (Wildman–Crippen MR) is 52.8 cm³/mol. The lowest BCUT2D eigenvalue weighted by atomic mass is 10.0. The Hall–Kier alpha value is -0.610. The standard InChI is InChI=1S/C4H8.C3H6O3.C2H7N/c1-2-4-3-1;1-2(4)3(5)6;1-3-2/h1-4H2;2,4H,1H3,(H,5,6);3H,1-2H3. The Morgan fingerprint density at radius 1 is 1.23 bits per heavy atom. The van der Waals surface area contributed by atoms with Gasteiger partial charge in [0, 0.05) is 0 Å². The van der Waals surface area contributed by atoms with E-state index in [1.54, 1.807) is 0 Å². The van der Waals surface area contributed by atoms with Gasteiger partial charge in [0.2, 0.25) is 0 Å². The molecule has 0 saturated heterocycles. The molecular formula is C9H21NO3. The highest BCUT2D eigenvalue weighted by Gasteiger charge is 2.01. The van der Waals surface area contributed by atoms with E-state index in [0.29, 0.717) is 0 Å². The van der Waals surface area contributed by atoms with Crippen LogP contribution in [0, 0.1) is 0 Å². The lowest BCUT2D eigenvalue weighted by Gasteiger charge is -2.05. The zero-order valence-electron chi connectivity index (χ0n) is 8.71. The van der Waals surface area contributed by atoms with E-state index in [-0.39, 0.29) is 0 Å². The topological polar surface area (TPSA) is 69.6 Å². The summed E-state index contributed by atoms with van der Waals surface area (Å²) in [5, 5.41) is 18.5. The van der Waals surface area contributed by atoms with Crippen LogP contribution in [0.1, 0.15) is 32.6 Å². The molecule has 4 heteroatoms. The summed E-state index contributed by atoms with van der Waals surface area (Å²) in [6, 6.07) is 0. The van der Waals surface area contributed by atoms with E-state index in [9.17, 15) is 4.79 Å². The molecule has 4 nitrogen and oxygen atoms in total. The maximum Gasteiger partial charge on any atom is 0.332 e. The van der Waals surface area contributed by atoms with E-state index >= 15 is 0 Å². The molecule has 13 heavy (non-hydrogen) atoms. The molecule has 1 unspecified atom stereocenters. The van der Waals surface area contributed by atoms with Gasteiger partial charge in [0.15, 0.2) is 0 Å². The summed E-state index contributed by atoms with van der Waals surface area (Å²) in [5.41, 5.74) is 0. The van der Waals surface area contributed by atoms with Crippen molar-refractivity contribution < 1.29 is 15.0 Å². The molecule has 1 aliphatic rings. The molecule has 0 spiro atoms. The van der Waals surface area contributed by atoms with E-state index in [1.807, 2.05) is 14.1 Å². The number of carboxylic acid groups (broad SMARTS) is 1. The third-order valence-electron chi connectivity index (χ3n) is 1.36. The summed E-state index contributed by atoms with van der Waals surface area (Å²) >= 11 is 0. The predicted octanol–water partition coefficient (Wildman–Crippen LogP) is 0.848. The van der Waals surface area contributed by atoms with Crippen LogP contribution in [-0.2, 0) is 4.79 Å². The largest absolute Gasteiger partial charge is 0.479 e. The number of aliphatic hydroxyl groups excluding tert-OH is 1. The van der Waals surface area contributed by atoms with Crippen molar-refractivity contribution in [1.82, 2.24) is 5.32 Å². The van der Waals surface area contributed by atoms with Gasteiger partial charge in [-0.25, -0.2) is 4.79 Å². The van der Waals surface area contributed by atoms with Gasteiger partial charge in [0.25, 0.3) is 0 Å². The molecule has 0 aromatic heterocycles. The summed E-state index contributed by atoms with van der Waals surface area (Å²) in [5.74, 6) is -1.19. The highest BCUT2D eigenvalue weighted by atomic mass is 16.4. The molecule has 0 radical (unpaired) electrons. The number of aliphatic hydroxyl groups is 1. The van der Waals surface area contributed by atoms with Crippen LogP contribution < -0.4 is 5.32 Å². The van der Waals surface area contributed by atoms with E-state index in [4.69, 9.17) is 10.2 Å². The van der Waals surface area contributed by atoms with Crippen LogP contribution in [0.15, 0.2) is 0 Å². The minimum atomic E-state index is -1.23. The van der Waals surface area contributed by atoms with Crippen molar-refractivity contribution >= 4 is 5.97 Å². The van der Waals surface area contributed by atoms with Crippen molar-refractivity contribution in [3.05, 3.63) is 0 Å². The zero-order valence-corrected chi connectivity index (χ0v) is 8.71. The van der Waals surface area contributed by atoms with Gasteiger partial charge in [-0.2, -0.15) is 0 Å². The fraction of sp³-hybridized carbons (Fsp3) is 0.889. The number of carboxylic acids is 1. The van der Waals surface area contributed by atoms with Crippen LogP contribution in [0.25, 0.3) is 0 Å². The molecule has 0 amide bonds. The number of nitrogens with one attached hydrogen (secondary N) is 1. The molecular weight excluding hydrogens is 170 g/mol. The molecule has 1 rings (SSSR count). The third-order valence-corrected chi connectivity index (χ3v) is 1.36. The Bertz CT molecular complexity index is 107. The van der Waals surface area contributed by atoms with Gasteiger partial charge in [-0.1, -0.05) is 25.7 Å². The molecule has 0 aliphatic heterocycles. The second-order valence-electron chi connectivity index (χ2n) is 2.93. The summed E-state index contributed by atoms with van der Waals surface area (Å²) < 4.78 is 0. The van der Waals surface area contributed by atoms with Gasteiger partial charge in [-0.3, -0.25) is 0 Å². The third kappa shape index (κ3) is 18.4. The first kappa shape index (κ1) is 14.9. The first-order valence-corrected chi connectivity index (χ1v) is 4.55. The monoisotopic (exact) mass is 191 g/mol. The normalized spacial score (nSPS) is 15.1. The van der Waals surface area contributed by atoms with E-state index in [1.165, 1.54) is 32.6 Å². The molecule has 1 saturated carbocycles. The first-order valence-electron chi connectivity index (χ1n) is 4.55. The summed E-state index contributed by atoms with van der Waals surface area (Å²) in [7, 11) is 3.75. The van der Waals surface area contributed by atoms with E-state index in [2.05, 4.69) is 5.32 Å². The lowest BCUT2D eigenvalue weighted by molar-refractivity contribution is -0.145. The number of hydrogen-bond acceptors (Lipinski definition) is 3. The van der Waals surface area contributed by atoms with Gasteiger partial charge in [-0.05, 0) is 21.0 Å². The van der Waals surface area contributed by atoms with Crippen LogP contribution in [-0.4, -0.2) is 36.4 Å². The Morgan fingerprint density at radius 2 is 1.38 bits per heavy atom. The van der Waals surface area contributed by atoms with Crippen LogP contribution >= 0.6 is 0 Å². The van der Waals surface area contributed by atoms with Crippen molar-refractivity contribution in [2.75, 3.05) is 14.1 Å². The summed E-state index contributed by atoms with van der Waals surface area (Å²) in [6.45, 7) is 1.20. The first-order chi connectivity index (χ1) is 6.06. The van der Waals surface area contributed by atoms with Gasteiger partial charge in [-0.15, -0.1) is 0 Å². The van der Waals surface area contributed by atoms with Crippen molar-refractivity contribution in [3.8, 4) is 0 Å². The zero-order chi connectivity index (χ0) is 10.7. The fourth-order valence-electron chi connectivity index (χ4n) is 0.250. The second kappa shape index (κ2) is 11.4. The summed E-state index contributed by atoms with van der Waals surface area (Å²) in [4.78, 5) is 9.45. The average Bonchev–Trinajstić information content (AvgIpc) is 1.84. The lowest BCUT2D eigenvalue weighted by Crippen LogP contribution is -2.13. The van der Waals surface area contributed by atoms with Crippen LogP contribution in [0.4, 0.5) is 0 Å². The van der Waals surface area contributed by atoms with Crippen LogP contribution in [0.2, 0.25) is 0 Å². The molecule has 1 aliphatic carbocycles. The van der Waals surface area contributed by atoms with Gasteiger partial charge in [0.05, 0.1) is 0 Å². The van der Waals surface area contributed by atoms with E-state index in [0.717, 1.165) is 0 Å². The van der Waals surface area contributed by atoms with Gasteiger partial charge >= 0.3 is 5.97 Å². The van der Waals surface area contributed by atoms with Crippen LogP contribution in [0.5, 0.6) is 0 Å². The number of hydrogen-bond donors (Lipinski definition) is 3. The van der Waals surface area contributed by atoms with Gasteiger partial charge in [0.1, 0.15) is 6.10 Å². The molecule has 3 N–H and O–H groups in total. The summed E-state index contributed by atoms with van der Waals surface area (Å²) in [6.07, 6.45) is 4.77. The smallest absolute Gasteiger partial charge is 0.332 e. The SMILES string of the molecule is C1CCC1.CC(O)C(=O)O.CNC. The Labute approximate surface area is 80.0 Å². The molecule has 80 valence electrons. The van der Waals surface area contributed by atoms with Crippen molar-refractivity contribution in [2.45, 2.75) is 38.7 Å². The molecule has 0 heterocycles. The number of rotatable bonds is 1. The molecule has 1 fully saturated rings. The molecule has 0 aromatic rings. The van der Waals surface area contributed by atoms with Crippen molar-refractivity contribution in [2.24, 2.45) is 0 Å². The number of carbonyl (C=O) groups is 1. The Kier molecular flexibility index (Phi) is 13.0. The molecule has 0 bridgehead atoms. The highest BCUT2D eigenvalue weighted by molar-refractivity contribution is 5.71. The van der Waals surface area contributed by atoms with Crippen molar-refractivity contribution in [1.29, 1.82) is 0 Å². The highest BCUT2D eigenvalue weighted by Crippen LogP contribution is 2.15.